The average Bonchev–Trinajstić information content (AvgIpc) is 2.71. The maximum absolute atomic E-state index is 11.3. The fourth-order valence-electron chi connectivity index (χ4n) is 3.58. The Bertz CT molecular complexity index is 917. The van der Waals surface area contributed by atoms with Gasteiger partial charge in [0.2, 0.25) is 5.60 Å². The highest BCUT2D eigenvalue weighted by Gasteiger charge is 2.35. The fraction of sp³-hybridized carbons (Fsp3) is 0.348. The molecule has 1 unspecified atom stereocenters. The lowest BCUT2D eigenvalue weighted by Gasteiger charge is -2.27. The van der Waals surface area contributed by atoms with E-state index in [2.05, 4.69) is 12.1 Å². The van der Waals surface area contributed by atoms with Gasteiger partial charge in [0.1, 0.15) is 30.5 Å². The number of hydrogen-bond donors (Lipinski definition) is 1. The van der Waals surface area contributed by atoms with E-state index < -0.39 is 11.6 Å². The first-order valence-corrected chi connectivity index (χ1v) is 9.67. The highest BCUT2D eigenvalue weighted by Crippen LogP contribution is 2.33. The minimum absolute atomic E-state index is 0.424. The van der Waals surface area contributed by atoms with Crippen molar-refractivity contribution in [1.29, 1.82) is 0 Å². The first-order valence-electron chi connectivity index (χ1n) is 9.67. The molecule has 5 nitrogen and oxygen atoms in total. The van der Waals surface area contributed by atoms with E-state index in [1.54, 1.807) is 24.3 Å². The Morgan fingerprint density at radius 2 is 1.71 bits per heavy atom. The SMILES string of the molecule is CC1(C(=O)O)C=Cc2cc(OCCOc3ccc4c(c3)CCCC4)ccc2O1. The van der Waals surface area contributed by atoms with Crippen LogP contribution in [-0.2, 0) is 17.6 Å². The van der Waals surface area contributed by atoms with Gasteiger partial charge in [-0.15, -0.1) is 0 Å². The summed E-state index contributed by atoms with van der Waals surface area (Å²) in [4.78, 5) is 11.3. The molecule has 146 valence electrons. The van der Waals surface area contributed by atoms with Crippen LogP contribution in [0.2, 0.25) is 0 Å². The molecule has 0 radical (unpaired) electrons. The fourth-order valence-corrected chi connectivity index (χ4v) is 3.58. The van der Waals surface area contributed by atoms with Gasteiger partial charge >= 0.3 is 5.97 Å². The van der Waals surface area contributed by atoms with Crippen LogP contribution in [-0.4, -0.2) is 29.9 Å². The van der Waals surface area contributed by atoms with Crippen LogP contribution in [0.3, 0.4) is 0 Å². The van der Waals surface area contributed by atoms with Gasteiger partial charge in [0.25, 0.3) is 0 Å². The number of benzene rings is 2. The Labute approximate surface area is 164 Å². The summed E-state index contributed by atoms with van der Waals surface area (Å²) in [5.41, 5.74) is 2.31. The van der Waals surface area contributed by atoms with Crippen molar-refractivity contribution in [2.45, 2.75) is 38.2 Å². The zero-order chi connectivity index (χ0) is 19.6. The summed E-state index contributed by atoms with van der Waals surface area (Å²) in [5.74, 6) is 1.10. The van der Waals surface area contributed by atoms with Crippen LogP contribution in [0.4, 0.5) is 0 Å². The smallest absolute Gasteiger partial charge is 0.351 e. The highest BCUT2D eigenvalue weighted by molar-refractivity contribution is 5.83. The van der Waals surface area contributed by atoms with Crippen molar-refractivity contribution in [3.63, 3.8) is 0 Å². The Kier molecular flexibility index (Phi) is 4.99. The van der Waals surface area contributed by atoms with Gasteiger partial charge in [0, 0.05) is 5.56 Å². The number of rotatable bonds is 6. The van der Waals surface area contributed by atoms with E-state index in [0.29, 0.717) is 24.7 Å². The molecule has 0 saturated heterocycles. The number of aryl methyl sites for hydroxylation is 2. The lowest BCUT2D eigenvalue weighted by molar-refractivity contribution is -0.149. The van der Waals surface area contributed by atoms with Crippen molar-refractivity contribution in [3.8, 4) is 17.2 Å². The molecule has 0 fully saturated rings. The Hall–Kier alpha value is -2.95. The lowest BCUT2D eigenvalue weighted by atomic mass is 9.92. The van der Waals surface area contributed by atoms with Gasteiger partial charge in [-0.05, 0) is 80.1 Å². The van der Waals surface area contributed by atoms with Crippen molar-refractivity contribution < 1.29 is 24.1 Å². The van der Waals surface area contributed by atoms with Crippen molar-refractivity contribution >= 4 is 12.0 Å². The molecule has 1 aliphatic carbocycles. The lowest BCUT2D eigenvalue weighted by Crippen LogP contribution is -2.40. The quantitative estimate of drug-likeness (QED) is 0.758. The molecule has 28 heavy (non-hydrogen) atoms. The van der Waals surface area contributed by atoms with E-state index in [0.717, 1.165) is 17.7 Å². The Morgan fingerprint density at radius 3 is 2.46 bits per heavy atom. The predicted molar refractivity (Wildman–Crippen MR) is 106 cm³/mol. The number of carboxylic acid groups (broad SMARTS) is 1. The maximum atomic E-state index is 11.3. The Balaban J connectivity index is 1.31. The first kappa shape index (κ1) is 18.4. The van der Waals surface area contributed by atoms with E-state index in [4.69, 9.17) is 14.2 Å². The molecule has 2 aromatic rings. The second-order valence-electron chi connectivity index (χ2n) is 7.38. The molecule has 0 aromatic heterocycles. The molecule has 1 N–H and O–H groups in total. The zero-order valence-corrected chi connectivity index (χ0v) is 15.9. The minimum Gasteiger partial charge on any atom is -0.490 e. The summed E-state index contributed by atoms with van der Waals surface area (Å²) in [6, 6.07) is 11.7. The van der Waals surface area contributed by atoms with E-state index >= 15 is 0 Å². The third-order valence-corrected chi connectivity index (χ3v) is 5.25. The van der Waals surface area contributed by atoms with Gasteiger partial charge in [-0.2, -0.15) is 0 Å². The van der Waals surface area contributed by atoms with Crippen LogP contribution < -0.4 is 14.2 Å². The third-order valence-electron chi connectivity index (χ3n) is 5.25. The highest BCUT2D eigenvalue weighted by atomic mass is 16.5. The molecule has 0 spiro atoms. The van der Waals surface area contributed by atoms with Crippen LogP contribution in [0, 0.1) is 0 Å². The number of ether oxygens (including phenoxy) is 3. The molecular formula is C23H24O5. The van der Waals surface area contributed by atoms with E-state index in [-0.39, 0.29) is 0 Å². The number of fused-ring (bicyclic) bond motifs is 2. The number of hydrogen-bond acceptors (Lipinski definition) is 4. The van der Waals surface area contributed by atoms with Gasteiger partial charge in [-0.1, -0.05) is 12.1 Å². The summed E-state index contributed by atoms with van der Waals surface area (Å²) in [5, 5.41) is 9.27. The molecule has 2 aromatic carbocycles. The van der Waals surface area contributed by atoms with Crippen molar-refractivity contribution in [2.24, 2.45) is 0 Å². The Morgan fingerprint density at radius 1 is 1.04 bits per heavy atom. The average molecular weight is 380 g/mol. The van der Waals surface area contributed by atoms with Crippen LogP contribution in [0.5, 0.6) is 17.2 Å². The summed E-state index contributed by atoms with van der Waals surface area (Å²) in [6.07, 6.45) is 8.12. The predicted octanol–water partition coefficient (Wildman–Crippen LogP) is 4.27. The van der Waals surface area contributed by atoms with E-state index in [1.807, 2.05) is 12.1 Å². The van der Waals surface area contributed by atoms with Gasteiger partial charge < -0.3 is 19.3 Å². The molecular weight excluding hydrogens is 356 g/mol. The van der Waals surface area contributed by atoms with E-state index in [1.165, 1.54) is 37.3 Å². The van der Waals surface area contributed by atoms with Gasteiger partial charge in [-0.3, -0.25) is 0 Å². The molecule has 1 aliphatic heterocycles. The van der Waals surface area contributed by atoms with Crippen LogP contribution in [0.1, 0.15) is 36.5 Å². The first-order chi connectivity index (χ1) is 13.5. The monoisotopic (exact) mass is 380 g/mol. The number of carboxylic acids is 1. The summed E-state index contributed by atoms with van der Waals surface area (Å²) >= 11 is 0. The van der Waals surface area contributed by atoms with Crippen molar-refractivity contribution in [1.82, 2.24) is 0 Å². The van der Waals surface area contributed by atoms with Gasteiger partial charge in [0.05, 0.1) is 0 Å². The normalized spacial score (nSPS) is 19.9. The van der Waals surface area contributed by atoms with Gasteiger partial charge in [-0.25, -0.2) is 4.79 Å². The molecule has 0 bridgehead atoms. The molecule has 5 heteroatoms. The summed E-state index contributed by atoms with van der Waals surface area (Å²) in [7, 11) is 0. The minimum atomic E-state index is -1.34. The van der Waals surface area contributed by atoms with Crippen LogP contribution in [0.25, 0.3) is 6.08 Å². The molecule has 1 heterocycles. The van der Waals surface area contributed by atoms with Gasteiger partial charge in [0.15, 0.2) is 0 Å². The molecule has 4 rings (SSSR count). The summed E-state index contributed by atoms with van der Waals surface area (Å²) in [6.45, 7) is 2.41. The second-order valence-corrected chi connectivity index (χ2v) is 7.38. The van der Waals surface area contributed by atoms with Crippen LogP contribution >= 0.6 is 0 Å². The topological polar surface area (TPSA) is 65.0 Å². The van der Waals surface area contributed by atoms with Crippen LogP contribution in [0.15, 0.2) is 42.5 Å². The van der Waals surface area contributed by atoms with Crippen molar-refractivity contribution in [2.75, 3.05) is 13.2 Å². The zero-order valence-electron chi connectivity index (χ0n) is 15.9. The van der Waals surface area contributed by atoms with E-state index in [9.17, 15) is 9.90 Å². The second kappa shape index (κ2) is 7.58. The molecule has 2 aliphatic rings. The maximum Gasteiger partial charge on any atom is 0.351 e. The third kappa shape index (κ3) is 3.84. The molecule has 0 saturated carbocycles. The largest absolute Gasteiger partial charge is 0.490 e. The standard InChI is InChI=1S/C23H24O5/c1-23(22(24)25)11-10-18-15-20(8-9-21(18)28-23)27-13-12-26-19-7-6-16-4-2-3-5-17(16)14-19/h6-11,14-15H,2-5,12-13H2,1H3,(H,24,25). The molecule has 0 amide bonds. The number of carbonyl (C=O) groups is 1. The summed E-state index contributed by atoms with van der Waals surface area (Å²) < 4.78 is 17.2. The van der Waals surface area contributed by atoms with Crippen molar-refractivity contribution in [3.05, 3.63) is 59.2 Å². The number of aliphatic carboxylic acids is 1. The molecule has 1 atom stereocenters.